The van der Waals surface area contributed by atoms with E-state index in [0.717, 1.165) is 112 Å². The number of carbonyl (C=O) groups is 2. The lowest BCUT2D eigenvalue weighted by Gasteiger charge is -2.38. The Morgan fingerprint density at radius 1 is 0.278 bits per heavy atom. The molecule has 4 atom stereocenters. The molecule has 0 spiro atoms. The summed E-state index contributed by atoms with van der Waals surface area (Å²) >= 11 is 0. The van der Waals surface area contributed by atoms with Gasteiger partial charge >= 0.3 is 0 Å². The van der Waals surface area contributed by atoms with Crippen LogP contribution in [0.2, 0.25) is 0 Å². The predicted molar refractivity (Wildman–Crippen MR) is 384 cm³/mol. The number of rotatable bonds is 15. The van der Waals surface area contributed by atoms with E-state index in [1.54, 1.807) is 0 Å². The Morgan fingerprint density at radius 2 is 0.511 bits per heavy atom. The van der Waals surface area contributed by atoms with E-state index < -0.39 is 37.1 Å². The highest BCUT2D eigenvalue weighted by atomic mass is 31.1. The molecule has 438 valence electrons. The van der Waals surface area contributed by atoms with E-state index in [9.17, 15) is 9.59 Å². The Labute approximate surface area is 531 Å². The maximum Gasteiger partial charge on any atom is 0.150 e. The zero-order valence-corrected chi connectivity index (χ0v) is 53.9. The summed E-state index contributed by atoms with van der Waals surface area (Å²) in [7, 11) is -4.50. The molecule has 0 fully saturated rings. The third kappa shape index (κ3) is 10.8. The summed E-state index contributed by atoms with van der Waals surface area (Å²) in [6, 6.07) is 98.8. The molecule has 12 aromatic carbocycles. The van der Waals surface area contributed by atoms with Gasteiger partial charge in [0.25, 0.3) is 0 Å². The number of hydrogen-bond acceptors (Lipinski definition) is 6. The van der Waals surface area contributed by atoms with Crippen LogP contribution in [0.5, 0.6) is 23.0 Å². The Kier molecular flexibility index (Phi) is 15.9. The first-order valence-corrected chi connectivity index (χ1v) is 35.5. The van der Waals surface area contributed by atoms with Gasteiger partial charge in [0.05, 0.1) is 0 Å². The molecule has 2 aliphatic rings. The van der Waals surface area contributed by atoms with Gasteiger partial charge in [-0.1, -0.05) is 282 Å². The lowest BCUT2D eigenvalue weighted by Crippen LogP contribution is -2.33. The lowest BCUT2D eigenvalue weighted by atomic mass is 9.76. The molecule has 4 unspecified atom stereocenters. The number of nitrogen functional groups attached to an aromatic ring is 2. The van der Waals surface area contributed by atoms with Crippen LogP contribution in [0.25, 0.3) is 11.1 Å². The molecule has 4 N–H and O–H groups in total. The fourth-order valence-corrected chi connectivity index (χ4v) is 22.3. The van der Waals surface area contributed by atoms with E-state index in [0.29, 0.717) is 16.8 Å². The smallest absolute Gasteiger partial charge is 0.150 e. The van der Waals surface area contributed by atoms with Crippen LogP contribution in [0.3, 0.4) is 0 Å². The van der Waals surface area contributed by atoms with Crippen molar-refractivity contribution in [2.75, 3.05) is 11.5 Å². The second kappa shape index (κ2) is 24.4. The highest BCUT2D eigenvalue weighted by molar-refractivity contribution is 7.81. The van der Waals surface area contributed by atoms with Crippen molar-refractivity contribution in [2.45, 2.75) is 38.5 Å². The zero-order chi connectivity index (χ0) is 61.7. The summed E-state index contributed by atoms with van der Waals surface area (Å²) in [5, 5.41) is 13.9. The van der Waals surface area contributed by atoms with Gasteiger partial charge < -0.3 is 20.9 Å². The van der Waals surface area contributed by atoms with Crippen LogP contribution in [-0.2, 0) is 10.8 Å². The molecule has 0 bridgehead atoms. The van der Waals surface area contributed by atoms with E-state index in [1.807, 2.05) is 48.5 Å². The van der Waals surface area contributed by atoms with Gasteiger partial charge in [0.15, 0.2) is 0 Å². The molecule has 0 aliphatic carbocycles. The molecule has 0 radical (unpaired) electrons. The number of ether oxygens (including phenoxy) is 2. The lowest BCUT2D eigenvalue weighted by molar-refractivity contribution is 0.111. The minimum absolute atomic E-state index is 0.385. The number of carbonyl (C=O) groups excluding carboxylic acids is 2. The number of hydrogen-bond donors (Lipinski definition) is 2. The number of fused-ring (bicyclic) bond motifs is 4. The second-order valence-electron chi connectivity index (χ2n) is 23.8. The molecule has 0 aromatic heterocycles. The zero-order valence-electron chi connectivity index (χ0n) is 50.3. The quantitative estimate of drug-likeness (QED) is 0.0602. The molecule has 10 heteroatoms. The van der Waals surface area contributed by atoms with Gasteiger partial charge in [-0.3, -0.25) is 9.59 Å². The molecular weight excluding hydrogens is 1180 g/mol. The van der Waals surface area contributed by atoms with Gasteiger partial charge in [-0.15, -0.1) is 0 Å². The van der Waals surface area contributed by atoms with Gasteiger partial charge in [-0.05, 0) is 110 Å². The Morgan fingerprint density at radius 3 is 0.767 bits per heavy atom. The minimum Gasteiger partial charge on any atom is -0.455 e. The van der Waals surface area contributed by atoms with Gasteiger partial charge in [0, 0.05) is 76.8 Å². The molecule has 0 amide bonds. The van der Waals surface area contributed by atoms with Crippen molar-refractivity contribution in [1.82, 2.24) is 0 Å². The molecular formula is C80H64N2O4P4. The molecule has 2 aliphatic heterocycles. The topological polar surface area (TPSA) is 105 Å². The van der Waals surface area contributed by atoms with E-state index in [1.165, 1.54) is 26.5 Å². The van der Waals surface area contributed by atoms with Crippen LogP contribution in [0, 0.1) is 0 Å². The van der Waals surface area contributed by atoms with E-state index in [-0.39, 0.29) is 5.41 Å². The maximum absolute atomic E-state index is 12.1. The number of anilines is 2. The standard InChI is InChI=1S/C80H64N2O4P4/c1-79(2)67-19-11-23-71(87(59-15-7-5-8-16-59)61-39-27-53(51-83)28-40-61)75(67)85-77-69(79)21-13-25-73(77)89(62-41-29-54(52-84)30-42-62)63-43-31-55(32-44-63)56-33-45-64(46-34-56)90(66-49-37-58(82)38-50-66)74-26-14-22-70-78(74)86-76-68(80(70,3)4)20-12-24-72(76)88(60-17-9-6-10-18-60)65-47-35-57(81)36-48-65/h5-52H,81-82H2,1-4H3. The van der Waals surface area contributed by atoms with E-state index in [4.69, 9.17) is 20.9 Å². The number of para-hydroxylation sites is 4. The van der Waals surface area contributed by atoms with Crippen LogP contribution in [0.4, 0.5) is 11.4 Å². The van der Waals surface area contributed by atoms with Crippen LogP contribution in [-0.4, -0.2) is 12.6 Å². The molecule has 2 heterocycles. The van der Waals surface area contributed by atoms with Crippen molar-refractivity contribution in [2.24, 2.45) is 0 Å². The van der Waals surface area contributed by atoms with Crippen molar-refractivity contribution < 1.29 is 19.1 Å². The average molecular weight is 1240 g/mol. The Bertz CT molecular complexity index is 4640. The molecule has 0 saturated heterocycles. The highest BCUT2D eigenvalue weighted by Gasteiger charge is 2.41. The Balaban J connectivity index is 0.832. The van der Waals surface area contributed by atoms with Crippen LogP contribution >= 0.6 is 31.7 Å². The SMILES string of the molecule is CC1(C)c2cccc(P(c3ccccc3)c3ccc(N)cc3)c2Oc2c(P(c3ccc(N)cc3)c3ccc(-c4ccc(P(c5ccc(C=O)cc5)c5cccc6c5Oc5c(P(c7ccccc7)c7ccc(C=O)cc7)cccc5C6(C)C)cc4)cc3)cccc21. The average Bonchev–Trinajstić information content (AvgIpc) is 0.758. The summed E-state index contributed by atoms with van der Waals surface area (Å²) in [6.07, 6.45) is 1.80. The van der Waals surface area contributed by atoms with Gasteiger partial charge in [0.2, 0.25) is 0 Å². The minimum atomic E-state index is -1.23. The van der Waals surface area contributed by atoms with Crippen LogP contribution in [0.1, 0.15) is 70.7 Å². The number of aldehydes is 2. The van der Waals surface area contributed by atoms with Gasteiger partial charge in [-0.2, -0.15) is 0 Å². The number of nitrogens with two attached hydrogens (primary N) is 2. The summed E-state index contributed by atoms with van der Waals surface area (Å²) < 4.78 is 15.1. The Hall–Kier alpha value is -9.10. The molecule has 90 heavy (non-hydrogen) atoms. The van der Waals surface area contributed by atoms with Crippen molar-refractivity contribution in [1.29, 1.82) is 0 Å². The molecule has 14 rings (SSSR count). The van der Waals surface area contributed by atoms with Crippen molar-refractivity contribution in [3.63, 3.8) is 0 Å². The third-order valence-corrected chi connectivity index (χ3v) is 27.4. The first kappa shape index (κ1) is 58.6. The van der Waals surface area contributed by atoms with E-state index >= 15 is 0 Å². The number of benzene rings is 12. The van der Waals surface area contributed by atoms with Gasteiger partial charge in [0.1, 0.15) is 35.6 Å². The fraction of sp³-hybridized carbons (Fsp3) is 0.0750. The first-order valence-electron chi connectivity index (χ1n) is 30.1. The fourth-order valence-electron chi connectivity index (χ4n) is 12.8. The van der Waals surface area contributed by atoms with Gasteiger partial charge in [-0.25, -0.2) is 0 Å². The summed E-state index contributed by atoms with van der Waals surface area (Å²) in [5.74, 6) is 3.55. The van der Waals surface area contributed by atoms with Crippen molar-refractivity contribution in [3.8, 4) is 34.1 Å². The predicted octanol–water partition coefficient (Wildman–Crippen LogP) is 14.0. The first-order chi connectivity index (χ1) is 43.9. The largest absolute Gasteiger partial charge is 0.455 e. The van der Waals surface area contributed by atoms with E-state index in [2.05, 4.69) is 258 Å². The maximum atomic E-state index is 12.1. The summed E-state index contributed by atoms with van der Waals surface area (Å²) in [6.45, 7) is 9.25. The van der Waals surface area contributed by atoms with Crippen molar-refractivity contribution in [3.05, 3.63) is 312 Å². The summed E-state index contributed by atoms with van der Waals surface area (Å²) in [5.41, 5.74) is 21.3. The van der Waals surface area contributed by atoms with Crippen LogP contribution < -0.4 is 84.6 Å². The van der Waals surface area contributed by atoms with Crippen LogP contribution in [0.15, 0.2) is 279 Å². The third-order valence-electron chi connectivity index (χ3n) is 17.5. The normalized spacial score (nSPS) is 14.6. The highest BCUT2D eigenvalue weighted by Crippen LogP contribution is 2.55. The second-order valence-corrected chi connectivity index (χ2v) is 32.5. The van der Waals surface area contributed by atoms with Crippen molar-refractivity contribution >= 4 is 119 Å². The summed E-state index contributed by atoms with van der Waals surface area (Å²) in [4.78, 5) is 24.0. The monoisotopic (exact) mass is 1240 g/mol. The molecule has 0 saturated carbocycles. The molecule has 6 nitrogen and oxygen atoms in total. The molecule has 12 aromatic rings.